The lowest BCUT2D eigenvalue weighted by molar-refractivity contribution is -0.142. The highest BCUT2D eigenvalue weighted by atomic mass is 127. The molecule has 1 heterocycles. The Morgan fingerprint density at radius 2 is 1.71 bits per heavy atom. The largest absolute Gasteiger partial charge is 0.480 e. The maximum atomic E-state index is 13.3. The van der Waals surface area contributed by atoms with E-state index in [4.69, 9.17) is 0 Å². The Kier molecular flexibility index (Phi) is 7.80. The van der Waals surface area contributed by atoms with Crippen LogP contribution in [-0.2, 0) is 21.4 Å². The molecule has 0 aliphatic carbocycles. The zero-order chi connectivity index (χ0) is 25.2. The van der Waals surface area contributed by atoms with E-state index in [1.54, 1.807) is 38.1 Å². The van der Waals surface area contributed by atoms with E-state index in [1.165, 1.54) is 15.3 Å². The number of benzene rings is 3. The SMILES string of the molecule is CC1(C)SCCN(S(=O)(=O)c2ccc(-c3ccc(CNc4cccc(I)c4)cc3)cc2)C1C(=O)O. The van der Waals surface area contributed by atoms with Crippen LogP contribution in [0.3, 0.4) is 0 Å². The summed E-state index contributed by atoms with van der Waals surface area (Å²) in [6, 6.07) is 21.9. The molecule has 3 aromatic carbocycles. The second-order valence-electron chi connectivity index (χ2n) is 8.89. The third kappa shape index (κ3) is 5.84. The van der Waals surface area contributed by atoms with Gasteiger partial charge in [0.1, 0.15) is 6.04 Å². The zero-order valence-corrected chi connectivity index (χ0v) is 23.2. The number of nitrogens with zero attached hydrogens (tertiary/aromatic N) is 1. The third-order valence-corrected chi connectivity index (χ3v) is 9.94. The summed E-state index contributed by atoms with van der Waals surface area (Å²) in [4.78, 5) is 12.0. The second kappa shape index (κ2) is 10.5. The number of hydrogen-bond donors (Lipinski definition) is 2. The first kappa shape index (κ1) is 26.0. The lowest BCUT2D eigenvalue weighted by Gasteiger charge is -2.42. The fourth-order valence-electron chi connectivity index (χ4n) is 4.21. The predicted octanol–water partition coefficient (Wildman–Crippen LogP) is 5.54. The summed E-state index contributed by atoms with van der Waals surface area (Å²) in [6.45, 7) is 4.43. The Morgan fingerprint density at radius 1 is 1.09 bits per heavy atom. The predicted molar refractivity (Wildman–Crippen MR) is 150 cm³/mol. The number of nitrogens with one attached hydrogen (secondary N) is 1. The van der Waals surface area contributed by atoms with Crippen LogP contribution in [0, 0.1) is 3.57 Å². The average Bonchev–Trinajstić information content (AvgIpc) is 2.82. The number of halogens is 1. The molecule has 0 radical (unpaired) electrons. The number of carboxylic acid groups (broad SMARTS) is 1. The maximum Gasteiger partial charge on any atom is 0.323 e. The Labute approximate surface area is 224 Å². The van der Waals surface area contributed by atoms with Crippen LogP contribution in [-0.4, -0.2) is 46.9 Å². The quantitative estimate of drug-likeness (QED) is 0.337. The molecular weight excluding hydrogens is 595 g/mol. The molecule has 1 aliphatic rings. The van der Waals surface area contributed by atoms with Gasteiger partial charge in [-0.05, 0) is 83.5 Å². The first-order chi connectivity index (χ1) is 16.6. The van der Waals surface area contributed by atoms with Gasteiger partial charge < -0.3 is 10.4 Å². The summed E-state index contributed by atoms with van der Waals surface area (Å²) in [6.07, 6.45) is 0. The van der Waals surface area contributed by atoms with E-state index >= 15 is 0 Å². The van der Waals surface area contributed by atoms with Crippen LogP contribution in [0.4, 0.5) is 5.69 Å². The van der Waals surface area contributed by atoms with Crippen molar-refractivity contribution in [1.29, 1.82) is 0 Å². The number of aliphatic carboxylic acids is 1. The molecule has 0 amide bonds. The van der Waals surface area contributed by atoms with Gasteiger partial charge in [-0.1, -0.05) is 42.5 Å². The molecule has 4 rings (SSSR count). The van der Waals surface area contributed by atoms with Crippen LogP contribution in [0.15, 0.2) is 77.7 Å². The van der Waals surface area contributed by atoms with Crippen molar-refractivity contribution in [2.75, 3.05) is 17.6 Å². The molecule has 184 valence electrons. The second-order valence-corrected chi connectivity index (χ2v) is 13.8. The van der Waals surface area contributed by atoms with Crippen LogP contribution >= 0.6 is 34.4 Å². The van der Waals surface area contributed by atoms with Gasteiger partial charge in [-0.15, -0.1) is 0 Å². The summed E-state index contributed by atoms with van der Waals surface area (Å²) in [5.41, 5.74) is 4.08. The summed E-state index contributed by atoms with van der Waals surface area (Å²) in [5.74, 6) is -0.572. The molecule has 1 unspecified atom stereocenters. The zero-order valence-electron chi connectivity index (χ0n) is 19.4. The van der Waals surface area contributed by atoms with Crippen molar-refractivity contribution >= 4 is 56.0 Å². The number of sulfonamides is 1. The van der Waals surface area contributed by atoms with Crippen LogP contribution in [0.2, 0.25) is 0 Å². The van der Waals surface area contributed by atoms with Gasteiger partial charge >= 0.3 is 5.97 Å². The standard InChI is InChI=1S/C26H27IN2O4S2/c1-26(2)24(25(30)31)29(14-15-34-26)35(32,33)23-12-10-20(11-13-23)19-8-6-18(7-9-19)17-28-22-5-3-4-21(27)16-22/h3-13,16,24,28H,14-15,17H2,1-2H3,(H,30,31). The molecule has 9 heteroatoms. The van der Waals surface area contributed by atoms with E-state index in [2.05, 4.69) is 34.0 Å². The molecule has 0 spiro atoms. The van der Waals surface area contributed by atoms with Crippen LogP contribution in [0.25, 0.3) is 11.1 Å². The smallest absolute Gasteiger partial charge is 0.323 e. The Bertz CT molecular complexity index is 1310. The Balaban J connectivity index is 1.49. The van der Waals surface area contributed by atoms with Gasteiger partial charge in [0.2, 0.25) is 10.0 Å². The highest BCUT2D eigenvalue weighted by Gasteiger charge is 2.48. The Hall–Kier alpha value is -2.08. The lowest BCUT2D eigenvalue weighted by Crippen LogP contribution is -2.58. The monoisotopic (exact) mass is 622 g/mol. The molecular formula is C26H27IN2O4S2. The third-order valence-electron chi connectivity index (χ3n) is 6.04. The number of rotatable bonds is 7. The van der Waals surface area contributed by atoms with E-state index in [9.17, 15) is 18.3 Å². The fourth-order valence-corrected chi connectivity index (χ4v) is 7.84. The van der Waals surface area contributed by atoms with E-state index in [-0.39, 0.29) is 11.4 Å². The van der Waals surface area contributed by atoms with E-state index in [0.717, 1.165) is 26.7 Å². The minimum Gasteiger partial charge on any atom is -0.480 e. The van der Waals surface area contributed by atoms with Crippen molar-refractivity contribution in [1.82, 2.24) is 4.31 Å². The number of hydrogen-bond acceptors (Lipinski definition) is 5. The van der Waals surface area contributed by atoms with E-state index < -0.39 is 26.8 Å². The van der Waals surface area contributed by atoms with Crippen molar-refractivity contribution in [2.24, 2.45) is 0 Å². The molecule has 3 aromatic rings. The molecule has 35 heavy (non-hydrogen) atoms. The molecule has 6 nitrogen and oxygen atoms in total. The van der Waals surface area contributed by atoms with Crippen molar-refractivity contribution in [3.05, 3.63) is 81.9 Å². The van der Waals surface area contributed by atoms with Crippen LogP contribution in [0.1, 0.15) is 19.4 Å². The Morgan fingerprint density at radius 3 is 2.31 bits per heavy atom. The summed E-state index contributed by atoms with van der Waals surface area (Å²) >= 11 is 3.77. The molecule has 2 N–H and O–H groups in total. The number of carbonyl (C=O) groups is 1. The lowest BCUT2D eigenvalue weighted by atomic mass is 10.0. The maximum absolute atomic E-state index is 13.3. The normalized spacial score (nSPS) is 18.2. The van der Waals surface area contributed by atoms with Crippen molar-refractivity contribution < 1.29 is 18.3 Å². The molecule has 1 atom stereocenters. The first-order valence-corrected chi connectivity index (χ1v) is 14.7. The minimum absolute atomic E-state index is 0.105. The summed E-state index contributed by atoms with van der Waals surface area (Å²) in [7, 11) is -3.94. The van der Waals surface area contributed by atoms with E-state index in [0.29, 0.717) is 12.3 Å². The molecule has 0 aromatic heterocycles. The van der Waals surface area contributed by atoms with Gasteiger partial charge in [-0.2, -0.15) is 16.1 Å². The highest BCUT2D eigenvalue weighted by Crippen LogP contribution is 2.38. The van der Waals surface area contributed by atoms with Crippen molar-refractivity contribution in [2.45, 2.75) is 36.1 Å². The van der Waals surface area contributed by atoms with Gasteiger partial charge in [-0.3, -0.25) is 4.79 Å². The first-order valence-electron chi connectivity index (χ1n) is 11.2. The molecule has 0 saturated carbocycles. The minimum atomic E-state index is -3.94. The van der Waals surface area contributed by atoms with Crippen LogP contribution in [0.5, 0.6) is 0 Å². The fraction of sp³-hybridized carbons (Fsp3) is 0.269. The average molecular weight is 623 g/mol. The molecule has 0 bridgehead atoms. The molecule has 1 saturated heterocycles. The number of anilines is 1. The summed E-state index contributed by atoms with van der Waals surface area (Å²) < 4.78 is 28.3. The number of carboxylic acids is 1. The molecule has 1 fully saturated rings. The van der Waals surface area contributed by atoms with Gasteiger partial charge in [-0.25, -0.2) is 8.42 Å². The highest BCUT2D eigenvalue weighted by molar-refractivity contribution is 14.1. The van der Waals surface area contributed by atoms with Crippen molar-refractivity contribution in [3.8, 4) is 11.1 Å². The molecule has 1 aliphatic heterocycles. The van der Waals surface area contributed by atoms with Crippen LogP contribution < -0.4 is 5.32 Å². The topological polar surface area (TPSA) is 86.7 Å². The van der Waals surface area contributed by atoms with E-state index in [1.807, 2.05) is 42.5 Å². The summed E-state index contributed by atoms with van der Waals surface area (Å²) in [5, 5.41) is 13.2. The van der Waals surface area contributed by atoms with Gasteiger partial charge in [0.15, 0.2) is 0 Å². The van der Waals surface area contributed by atoms with Crippen molar-refractivity contribution in [3.63, 3.8) is 0 Å². The van der Waals surface area contributed by atoms with Gasteiger partial charge in [0, 0.05) is 32.8 Å². The van der Waals surface area contributed by atoms with Gasteiger partial charge in [0.25, 0.3) is 0 Å². The van der Waals surface area contributed by atoms with Gasteiger partial charge in [0.05, 0.1) is 4.90 Å². The number of thioether (sulfide) groups is 1.